The lowest BCUT2D eigenvalue weighted by Crippen LogP contribution is -2.12. The molecule has 0 aliphatic carbocycles. The third kappa shape index (κ3) is 21.7. The van der Waals surface area contributed by atoms with E-state index in [9.17, 15) is 16.8 Å². The van der Waals surface area contributed by atoms with Crippen molar-refractivity contribution in [1.82, 2.24) is 80.8 Å². The molecule has 2 N–H and O–H groups in total. The van der Waals surface area contributed by atoms with Crippen molar-refractivity contribution in [1.29, 1.82) is 0 Å². The number of aliphatic hydroxyl groups is 2. The number of aliphatic hydroxyl groups excluding tert-OH is 2. The molecular weight excluding hydrogens is 753 g/mol. The second-order valence-corrected chi connectivity index (χ2v) is 15.3. The van der Waals surface area contributed by atoms with Crippen molar-refractivity contribution in [2.45, 2.75) is 120 Å². The molecule has 0 aliphatic heterocycles. The van der Waals surface area contributed by atoms with Gasteiger partial charge in [0.15, 0.2) is 23.3 Å². The Labute approximate surface area is 318 Å². The molecular formula is C28H60N16O8S2. The number of rotatable bonds is 16. The summed E-state index contributed by atoms with van der Waals surface area (Å²) in [6, 6.07) is 0.775. The summed E-state index contributed by atoms with van der Waals surface area (Å²) >= 11 is 0. The molecule has 312 valence electrons. The third-order valence-electron chi connectivity index (χ3n) is 5.88. The predicted octanol–water partition coefficient (Wildman–Crippen LogP) is 0.395. The monoisotopic (exact) mass is 812 g/mol. The molecule has 54 heavy (non-hydrogen) atoms. The fourth-order valence-corrected chi connectivity index (χ4v) is 4.25. The fourth-order valence-electron chi connectivity index (χ4n) is 3.47. The average molecular weight is 813 g/mol. The maximum Gasteiger partial charge on any atom is 0.264 e. The molecule has 0 amide bonds. The number of hydrogen-bond acceptors (Lipinski definition) is 20. The van der Waals surface area contributed by atoms with Gasteiger partial charge >= 0.3 is 0 Å². The Bertz CT molecular complexity index is 1770. The Kier molecular flexibility index (Phi) is 25.0. The van der Waals surface area contributed by atoms with Crippen molar-refractivity contribution in [3.8, 4) is 0 Å². The average Bonchev–Trinajstić information content (AvgIpc) is 3.85. The topological polar surface area (TPSA) is 302 Å². The van der Waals surface area contributed by atoms with Crippen LogP contribution in [0.15, 0.2) is 0 Å². The Balaban J connectivity index is 0. The van der Waals surface area contributed by atoms with E-state index in [1.54, 1.807) is 9.36 Å². The van der Waals surface area contributed by atoms with Crippen LogP contribution < -0.4 is 0 Å². The van der Waals surface area contributed by atoms with Gasteiger partial charge in [-0.3, -0.25) is 8.37 Å². The van der Waals surface area contributed by atoms with Crippen LogP contribution in [0.1, 0.15) is 118 Å². The summed E-state index contributed by atoms with van der Waals surface area (Å²) in [7, 11) is -6.77. The zero-order valence-electron chi connectivity index (χ0n) is 31.3. The first-order valence-corrected chi connectivity index (χ1v) is 19.9. The summed E-state index contributed by atoms with van der Waals surface area (Å²) in [5.41, 5.74) is 0. The lowest BCUT2D eigenvalue weighted by molar-refractivity contribution is 0.292. The smallest absolute Gasteiger partial charge is 0.264 e. The van der Waals surface area contributed by atoms with E-state index >= 15 is 0 Å². The van der Waals surface area contributed by atoms with Crippen LogP contribution in [0.3, 0.4) is 0 Å². The van der Waals surface area contributed by atoms with Crippen LogP contribution in [0.5, 0.6) is 0 Å². The predicted molar refractivity (Wildman–Crippen MR) is 197 cm³/mol. The van der Waals surface area contributed by atoms with Gasteiger partial charge in [0.2, 0.25) is 0 Å². The molecule has 0 aliphatic rings. The van der Waals surface area contributed by atoms with Crippen molar-refractivity contribution in [2.75, 3.05) is 38.9 Å². The highest BCUT2D eigenvalue weighted by Crippen LogP contribution is 2.06. The highest BCUT2D eigenvalue weighted by molar-refractivity contribution is 7.86. The van der Waals surface area contributed by atoms with Crippen LogP contribution in [-0.2, 0) is 54.3 Å². The van der Waals surface area contributed by atoms with Crippen molar-refractivity contribution in [2.24, 2.45) is 0 Å². The summed E-state index contributed by atoms with van der Waals surface area (Å²) in [6.45, 7) is 16.0. The van der Waals surface area contributed by atoms with Gasteiger partial charge in [0.1, 0.15) is 0 Å². The van der Waals surface area contributed by atoms with Crippen LogP contribution in [0.4, 0.5) is 0 Å². The first kappa shape index (κ1) is 52.1. The Morgan fingerprint density at radius 2 is 0.907 bits per heavy atom. The molecule has 0 spiro atoms. The number of nitrogens with zero attached hydrogens (tertiary/aromatic N) is 16. The van der Waals surface area contributed by atoms with E-state index in [-0.39, 0.29) is 65.4 Å². The first-order chi connectivity index (χ1) is 24.3. The van der Waals surface area contributed by atoms with Crippen molar-refractivity contribution in [3.63, 3.8) is 0 Å². The van der Waals surface area contributed by atoms with E-state index in [2.05, 4.69) is 70.2 Å². The molecule has 0 unspecified atom stereocenters. The van der Waals surface area contributed by atoms with Crippen LogP contribution >= 0.6 is 0 Å². The summed E-state index contributed by atoms with van der Waals surface area (Å²) in [5.74, 6) is 2.43. The van der Waals surface area contributed by atoms with Crippen LogP contribution in [0.25, 0.3) is 0 Å². The minimum atomic E-state index is -3.39. The molecule has 0 fully saturated rings. The molecule has 4 rings (SSSR count). The van der Waals surface area contributed by atoms with Gasteiger partial charge in [0.05, 0.1) is 63.1 Å². The van der Waals surface area contributed by atoms with Gasteiger partial charge in [-0.05, 0) is 86.7 Å². The zero-order chi connectivity index (χ0) is 39.5. The maximum atomic E-state index is 10.7. The number of hydrogen-bond donors (Lipinski definition) is 2. The molecule has 24 nitrogen and oxygen atoms in total. The van der Waals surface area contributed by atoms with Crippen molar-refractivity contribution in [3.05, 3.63) is 23.3 Å². The largest absolute Gasteiger partial charge is 0.396 e. The lowest BCUT2D eigenvalue weighted by Gasteiger charge is -2.06. The lowest BCUT2D eigenvalue weighted by atomic mass is 10.3. The Hall–Kier alpha value is -3.98. The summed E-state index contributed by atoms with van der Waals surface area (Å²) < 4.78 is 55.2. The van der Waals surface area contributed by atoms with Gasteiger partial charge in [-0.2, -0.15) is 26.4 Å². The number of aromatic nitrogens is 16. The minimum absolute atomic E-state index is 0. The molecule has 0 aromatic carbocycles. The molecule has 4 heterocycles. The molecule has 0 atom stereocenters. The van der Waals surface area contributed by atoms with Gasteiger partial charge in [-0.1, -0.05) is 14.9 Å². The normalized spacial score (nSPS) is 11.3. The van der Waals surface area contributed by atoms with Crippen molar-refractivity contribution < 1.29 is 35.4 Å². The van der Waals surface area contributed by atoms with E-state index in [4.69, 9.17) is 10.2 Å². The minimum Gasteiger partial charge on any atom is -0.396 e. The second-order valence-electron chi connectivity index (χ2n) is 12.0. The van der Waals surface area contributed by atoms with E-state index in [0.717, 1.165) is 18.3 Å². The van der Waals surface area contributed by atoms with E-state index in [0.29, 0.717) is 43.2 Å². The molecule has 0 saturated carbocycles. The van der Waals surface area contributed by atoms with E-state index < -0.39 is 20.2 Å². The summed E-state index contributed by atoms with van der Waals surface area (Å²) in [6.07, 6.45) is 3.72. The van der Waals surface area contributed by atoms with Crippen molar-refractivity contribution >= 4 is 20.2 Å². The molecule has 0 saturated heterocycles. The fraction of sp³-hybridized carbons (Fsp3) is 0.857. The molecule has 4 aromatic heterocycles. The van der Waals surface area contributed by atoms with E-state index in [1.165, 1.54) is 9.59 Å². The van der Waals surface area contributed by atoms with Gasteiger partial charge in [-0.25, -0.2) is 9.36 Å². The standard InChI is InChI=1S/2C7H14N4O3S.2C6H12N4O.2CH4/c1-6(2)11-7(8-9-10-11)4-5-14-15(3,12)13;1-6(2)11-9-7(8-10-11)4-5-14-15(3,12)13;1-5(2)10-6(3-4-11)7-8-9-10;1-5(2)10-8-6(3-4-11)7-9-10;;/h2*6H,4-5H2,1-3H3;2*5,11H,3-4H2,1-2H3;2*1H4. The van der Waals surface area contributed by atoms with Gasteiger partial charge in [0.25, 0.3) is 20.2 Å². The molecule has 4 aromatic rings. The molecule has 26 heteroatoms. The maximum absolute atomic E-state index is 10.7. The number of tetrazole rings is 4. The zero-order valence-corrected chi connectivity index (χ0v) is 32.9. The third-order valence-corrected chi connectivity index (χ3v) is 7.07. The van der Waals surface area contributed by atoms with Crippen LogP contribution in [0.2, 0.25) is 0 Å². The Morgan fingerprint density at radius 1 is 0.537 bits per heavy atom. The quantitative estimate of drug-likeness (QED) is 0.145. The van der Waals surface area contributed by atoms with Crippen LogP contribution in [-0.4, -0.2) is 147 Å². The highest BCUT2D eigenvalue weighted by atomic mass is 32.2. The van der Waals surface area contributed by atoms with Gasteiger partial charge in [0, 0.05) is 25.7 Å². The SMILES string of the molecule is C.C.CC(C)n1nnc(CCO)n1.CC(C)n1nnc(CCOS(C)(=O)=O)n1.CC(C)n1nnnc1CCO.CC(C)n1nnnc1CCOS(C)(=O)=O. The molecule has 0 radical (unpaired) electrons. The second kappa shape index (κ2) is 25.9. The summed E-state index contributed by atoms with van der Waals surface area (Å²) in [4.78, 5) is 3.00. The van der Waals surface area contributed by atoms with Gasteiger partial charge in [-0.15, -0.1) is 30.6 Å². The Morgan fingerprint density at radius 3 is 1.24 bits per heavy atom. The van der Waals surface area contributed by atoms with E-state index in [1.807, 2.05) is 55.4 Å². The first-order valence-electron chi connectivity index (χ1n) is 16.3. The van der Waals surface area contributed by atoms with Gasteiger partial charge < -0.3 is 10.2 Å². The summed E-state index contributed by atoms with van der Waals surface area (Å²) in [5, 5.41) is 62.5. The highest BCUT2D eigenvalue weighted by Gasteiger charge is 2.11. The molecule has 0 bridgehead atoms. The van der Waals surface area contributed by atoms with Crippen LogP contribution in [0, 0.1) is 0 Å².